The van der Waals surface area contributed by atoms with Crippen LogP contribution in [0.5, 0.6) is 0 Å². The number of furan rings is 1. The van der Waals surface area contributed by atoms with E-state index in [9.17, 15) is 9.59 Å². The molecule has 1 aliphatic heterocycles. The number of amides is 2. The first kappa shape index (κ1) is 18.8. The lowest BCUT2D eigenvalue weighted by Crippen LogP contribution is -2.25. The van der Waals surface area contributed by atoms with E-state index in [4.69, 9.17) is 4.42 Å². The Hall–Kier alpha value is -2.56. The summed E-state index contributed by atoms with van der Waals surface area (Å²) in [4.78, 5) is 36.8. The summed E-state index contributed by atoms with van der Waals surface area (Å²) in [6.07, 6.45) is 2.50. The zero-order valence-corrected chi connectivity index (χ0v) is 17.1. The molecule has 8 nitrogen and oxygen atoms in total. The van der Waals surface area contributed by atoms with Gasteiger partial charge in [-0.3, -0.25) is 14.9 Å². The number of fused-ring (bicyclic) bond motifs is 1. The molecule has 2 amide bonds. The molecule has 4 rings (SSSR count). The molecule has 10 heteroatoms. The van der Waals surface area contributed by atoms with E-state index in [1.807, 2.05) is 0 Å². The molecule has 3 aromatic rings. The number of nitrogens with zero attached hydrogens (tertiary/aromatic N) is 3. The number of carbonyl (C=O) groups is 2. The van der Waals surface area contributed by atoms with Crippen LogP contribution < -0.4 is 10.6 Å². The van der Waals surface area contributed by atoms with Crippen molar-refractivity contribution in [2.45, 2.75) is 26.3 Å². The van der Waals surface area contributed by atoms with Crippen molar-refractivity contribution in [3.8, 4) is 0 Å². The lowest BCUT2D eigenvalue weighted by Gasteiger charge is -2.20. The first-order valence-electron chi connectivity index (χ1n) is 8.75. The molecule has 0 aromatic carbocycles. The molecule has 0 spiro atoms. The Kier molecular flexibility index (Phi) is 5.25. The van der Waals surface area contributed by atoms with Crippen molar-refractivity contribution in [3.05, 3.63) is 45.3 Å². The van der Waals surface area contributed by atoms with E-state index in [-0.39, 0.29) is 18.2 Å². The van der Waals surface area contributed by atoms with Crippen LogP contribution in [-0.4, -0.2) is 40.3 Å². The summed E-state index contributed by atoms with van der Waals surface area (Å²) in [6, 6.07) is 1.61. The molecular weight excluding hydrogens is 398 g/mol. The smallest absolute Gasteiger partial charge is 0.260 e. The molecule has 0 fully saturated rings. The summed E-state index contributed by atoms with van der Waals surface area (Å²) in [5.41, 5.74) is 2.14. The fraction of sp³-hybridized carbons (Fsp3) is 0.333. The molecule has 1 aliphatic rings. The van der Waals surface area contributed by atoms with E-state index in [1.54, 1.807) is 18.4 Å². The van der Waals surface area contributed by atoms with Crippen LogP contribution in [0.2, 0.25) is 0 Å². The van der Waals surface area contributed by atoms with Crippen LogP contribution in [0.4, 0.5) is 10.3 Å². The van der Waals surface area contributed by atoms with Crippen LogP contribution in [0, 0.1) is 6.92 Å². The largest absolute Gasteiger partial charge is 0.469 e. The third-order valence-corrected chi connectivity index (χ3v) is 6.19. The predicted molar refractivity (Wildman–Crippen MR) is 108 cm³/mol. The fourth-order valence-electron chi connectivity index (χ4n) is 2.94. The molecule has 2 N–H and O–H groups in total. The average molecular weight is 418 g/mol. The van der Waals surface area contributed by atoms with Gasteiger partial charge in [-0.2, -0.15) is 0 Å². The van der Waals surface area contributed by atoms with Crippen LogP contribution in [-0.2, 0) is 24.2 Å². The number of nitrogens with one attached hydrogen (secondary N) is 2. The van der Waals surface area contributed by atoms with Crippen molar-refractivity contribution in [2.24, 2.45) is 0 Å². The van der Waals surface area contributed by atoms with E-state index in [1.165, 1.54) is 33.8 Å². The van der Waals surface area contributed by atoms with Crippen molar-refractivity contribution in [1.82, 2.24) is 14.9 Å². The molecule has 0 aliphatic carbocycles. The van der Waals surface area contributed by atoms with E-state index in [0.29, 0.717) is 27.3 Å². The maximum absolute atomic E-state index is 12.3. The Labute approximate surface area is 169 Å². The second kappa shape index (κ2) is 7.82. The summed E-state index contributed by atoms with van der Waals surface area (Å²) >= 11 is 2.80. The monoisotopic (exact) mass is 417 g/mol. The van der Waals surface area contributed by atoms with E-state index in [2.05, 4.69) is 32.5 Å². The van der Waals surface area contributed by atoms with Crippen molar-refractivity contribution in [3.63, 3.8) is 0 Å². The van der Waals surface area contributed by atoms with Gasteiger partial charge in [0.15, 0.2) is 10.3 Å². The summed E-state index contributed by atoms with van der Waals surface area (Å²) < 4.78 is 5.14. The lowest BCUT2D eigenvalue weighted by atomic mass is 10.2. The van der Waals surface area contributed by atoms with Crippen LogP contribution in [0.25, 0.3) is 0 Å². The summed E-state index contributed by atoms with van der Waals surface area (Å²) in [5, 5.41) is 8.42. The van der Waals surface area contributed by atoms with Crippen molar-refractivity contribution in [1.29, 1.82) is 0 Å². The van der Waals surface area contributed by atoms with Crippen LogP contribution in [0.3, 0.4) is 0 Å². The van der Waals surface area contributed by atoms with Gasteiger partial charge in [0.1, 0.15) is 5.76 Å². The fourth-order valence-corrected chi connectivity index (χ4v) is 4.75. The Morgan fingerprint density at radius 3 is 2.93 bits per heavy atom. The van der Waals surface area contributed by atoms with Gasteiger partial charge in [-0.05, 0) is 20.0 Å². The minimum atomic E-state index is -0.282. The number of likely N-dealkylation sites (N-methyl/N-ethyl adjacent to an activating group) is 1. The maximum atomic E-state index is 12.3. The highest BCUT2D eigenvalue weighted by molar-refractivity contribution is 7.16. The predicted octanol–water partition coefficient (Wildman–Crippen LogP) is 2.92. The van der Waals surface area contributed by atoms with Crippen molar-refractivity contribution >= 4 is 44.8 Å². The Morgan fingerprint density at radius 1 is 1.29 bits per heavy atom. The standard InChI is InChI=1S/C18H19N5O3S2/c1-10-12(4-6-26-10)16(25)22-17-19-11(9-27-17)7-15(24)21-18-20-13-3-5-23(2)8-14(13)28-18/h4,6,9H,3,5,7-8H2,1-2H3,(H,19,22,25)(H,20,21,24). The summed E-state index contributed by atoms with van der Waals surface area (Å²) in [5.74, 6) is 0.0919. The lowest BCUT2D eigenvalue weighted by molar-refractivity contribution is -0.115. The molecule has 146 valence electrons. The number of aromatic nitrogens is 2. The second-order valence-electron chi connectivity index (χ2n) is 6.59. The SMILES string of the molecule is Cc1occc1C(=O)Nc1nc(CC(=O)Nc2nc3c(s2)CN(C)CC3)cs1. The summed E-state index contributed by atoms with van der Waals surface area (Å²) in [7, 11) is 2.08. The van der Waals surface area contributed by atoms with Gasteiger partial charge in [0.05, 0.1) is 29.6 Å². The zero-order chi connectivity index (χ0) is 19.7. The topological polar surface area (TPSA) is 100 Å². The normalized spacial score (nSPS) is 13.9. The molecule has 0 unspecified atom stereocenters. The molecule has 3 aromatic heterocycles. The molecule has 4 heterocycles. The third kappa shape index (κ3) is 4.13. The van der Waals surface area contributed by atoms with Gasteiger partial charge in [-0.1, -0.05) is 0 Å². The number of carbonyl (C=O) groups excluding carboxylic acids is 2. The van der Waals surface area contributed by atoms with E-state index in [0.717, 1.165) is 25.2 Å². The average Bonchev–Trinajstić information content (AvgIpc) is 3.34. The van der Waals surface area contributed by atoms with Crippen molar-refractivity contribution < 1.29 is 14.0 Å². The Morgan fingerprint density at radius 2 is 2.14 bits per heavy atom. The highest BCUT2D eigenvalue weighted by Gasteiger charge is 2.20. The van der Waals surface area contributed by atoms with Crippen LogP contribution in [0.1, 0.15) is 32.4 Å². The minimum Gasteiger partial charge on any atom is -0.469 e. The number of hydrogen-bond acceptors (Lipinski definition) is 8. The Bertz CT molecular complexity index is 1020. The van der Waals surface area contributed by atoms with Gasteiger partial charge in [0.25, 0.3) is 5.91 Å². The number of anilines is 2. The number of hydrogen-bond donors (Lipinski definition) is 2. The highest BCUT2D eigenvalue weighted by atomic mass is 32.1. The third-order valence-electron chi connectivity index (χ3n) is 4.39. The highest BCUT2D eigenvalue weighted by Crippen LogP contribution is 2.28. The van der Waals surface area contributed by atoms with Gasteiger partial charge in [-0.25, -0.2) is 9.97 Å². The zero-order valence-electron chi connectivity index (χ0n) is 15.4. The molecule has 0 atom stereocenters. The molecule has 0 radical (unpaired) electrons. The molecule has 28 heavy (non-hydrogen) atoms. The van der Waals surface area contributed by atoms with Crippen LogP contribution >= 0.6 is 22.7 Å². The maximum Gasteiger partial charge on any atom is 0.260 e. The number of aryl methyl sites for hydroxylation is 1. The molecular formula is C18H19N5O3S2. The quantitative estimate of drug-likeness (QED) is 0.662. The molecule has 0 saturated heterocycles. The Balaban J connectivity index is 1.34. The van der Waals surface area contributed by atoms with Gasteiger partial charge in [-0.15, -0.1) is 22.7 Å². The first-order chi connectivity index (χ1) is 13.5. The van der Waals surface area contributed by atoms with Crippen LogP contribution in [0.15, 0.2) is 22.1 Å². The summed E-state index contributed by atoms with van der Waals surface area (Å²) in [6.45, 7) is 3.57. The molecule has 0 saturated carbocycles. The number of thiazole rings is 2. The number of rotatable bonds is 5. The van der Waals surface area contributed by atoms with Gasteiger partial charge in [0, 0.05) is 29.8 Å². The van der Waals surface area contributed by atoms with Gasteiger partial charge in [0.2, 0.25) is 5.91 Å². The second-order valence-corrected chi connectivity index (χ2v) is 8.53. The van der Waals surface area contributed by atoms with Gasteiger partial charge >= 0.3 is 0 Å². The molecule has 0 bridgehead atoms. The van der Waals surface area contributed by atoms with E-state index >= 15 is 0 Å². The van der Waals surface area contributed by atoms with Crippen molar-refractivity contribution in [2.75, 3.05) is 24.2 Å². The van der Waals surface area contributed by atoms with Gasteiger partial charge < -0.3 is 14.6 Å². The first-order valence-corrected chi connectivity index (χ1v) is 10.4. The van der Waals surface area contributed by atoms with E-state index < -0.39 is 0 Å². The minimum absolute atomic E-state index is 0.126.